The third-order valence-electron chi connectivity index (χ3n) is 3.76. The molecule has 0 saturated heterocycles. The maximum absolute atomic E-state index is 11.8. The standard InChI is InChI=1S/C14H24N2O5/c1-9-4-2-5-10(8-9)15-14(21)16-11(13(19)20)6-3-7-12(17)18/h9-11H,2-8H2,1H3,(H,17,18)(H,19,20)(H2,15,16,21)/t9?,10?,11-/m1/s1. The topological polar surface area (TPSA) is 116 Å². The Kier molecular flexibility index (Phi) is 6.98. The van der Waals surface area contributed by atoms with Crippen LogP contribution < -0.4 is 10.6 Å². The van der Waals surface area contributed by atoms with Crippen molar-refractivity contribution in [1.82, 2.24) is 10.6 Å². The summed E-state index contributed by atoms with van der Waals surface area (Å²) in [4.78, 5) is 33.3. The second-order valence-corrected chi connectivity index (χ2v) is 5.76. The van der Waals surface area contributed by atoms with Crippen LogP contribution in [0.15, 0.2) is 0 Å². The molecule has 0 aromatic carbocycles. The van der Waals surface area contributed by atoms with E-state index >= 15 is 0 Å². The molecule has 1 aliphatic rings. The van der Waals surface area contributed by atoms with Gasteiger partial charge in [0.25, 0.3) is 0 Å². The first kappa shape index (κ1) is 17.3. The van der Waals surface area contributed by atoms with Crippen LogP contribution in [0.3, 0.4) is 0 Å². The largest absolute Gasteiger partial charge is 0.481 e. The third-order valence-corrected chi connectivity index (χ3v) is 3.76. The minimum absolute atomic E-state index is 0.0854. The van der Waals surface area contributed by atoms with Gasteiger partial charge in [0.15, 0.2) is 0 Å². The average Bonchev–Trinajstić information content (AvgIpc) is 2.36. The van der Waals surface area contributed by atoms with Crippen molar-refractivity contribution in [3.8, 4) is 0 Å². The van der Waals surface area contributed by atoms with E-state index in [4.69, 9.17) is 10.2 Å². The smallest absolute Gasteiger partial charge is 0.326 e. The SMILES string of the molecule is CC1CCCC(NC(=O)N[C@H](CCCC(=O)O)C(=O)O)C1. The van der Waals surface area contributed by atoms with Gasteiger partial charge in [-0.15, -0.1) is 0 Å². The highest BCUT2D eigenvalue weighted by Gasteiger charge is 2.24. The molecule has 7 heteroatoms. The number of hydrogen-bond acceptors (Lipinski definition) is 3. The van der Waals surface area contributed by atoms with Crippen LogP contribution >= 0.6 is 0 Å². The number of urea groups is 1. The fraction of sp³-hybridized carbons (Fsp3) is 0.786. The predicted molar refractivity (Wildman–Crippen MR) is 76.0 cm³/mol. The molecule has 0 heterocycles. The van der Waals surface area contributed by atoms with E-state index < -0.39 is 24.0 Å². The molecule has 1 fully saturated rings. The van der Waals surface area contributed by atoms with Gasteiger partial charge >= 0.3 is 18.0 Å². The van der Waals surface area contributed by atoms with Gasteiger partial charge in [0.05, 0.1) is 0 Å². The van der Waals surface area contributed by atoms with E-state index in [1.54, 1.807) is 0 Å². The molecule has 0 aromatic rings. The van der Waals surface area contributed by atoms with Gasteiger partial charge < -0.3 is 20.8 Å². The highest BCUT2D eigenvalue weighted by atomic mass is 16.4. The molecule has 7 nitrogen and oxygen atoms in total. The summed E-state index contributed by atoms with van der Waals surface area (Å²) in [7, 11) is 0. The molecular formula is C14H24N2O5. The van der Waals surface area contributed by atoms with Crippen LogP contribution in [-0.4, -0.2) is 40.3 Å². The zero-order chi connectivity index (χ0) is 15.8. The molecule has 2 amide bonds. The third kappa shape index (κ3) is 6.97. The fourth-order valence-corrected chi connectivity index (χ4v) is 2.67. The number of nitrogens with one attached hydrogen (secondary N) is 2. The van der Waals surface area contributed by atoms with Crippen molar-refractivity contribution in [3.63, 3.8) is 0 Å². The molecular weight excluding hydrogens is 276 g/mol. The van der Waals surface area contributed by atoms with Gasteiger partial charge in [-0.1, -0.05) is 19.8 Å². The summed E-state index contributed by atoms with van der Waals surface area (Å²) in [5.74, 6) is -1.55. The van der Waals surface area contributed by atoms with Crippen LogP contribution in [0.25, 0.3) is 0 Å². The maximum atomic E-state index is 11.8. The Hall–Kier alpha value is -1.79. The predicted octanol–water partition coefficient (Wildman–Crippen LogP) is 1.57. The Morgan fingerprint density at radius 1 is 1.24 bits per heavy atom. The molecule has 0 bridgehead atoms. The first-order valence-electron chi connectivity index (χ1n) is 7.40. The van der Waals surface area contributed by atoms with E-state index in [0.717, 1.165) is 25.7 Å². The summed E-state index contributed by atoms with van der Waals surface area (Å²) in [6.07, 6.45) is 4.26. The van der Waals surface area contributed by atoms with Crippen molar-refractivity contribution in [2.24, 2.45) is 5.92 Å². The molecule has 0 aliphatic heterocycles. The summed E-state index contributed by atoms with van der Waals surface area (Å²) in [5, 5.41) is 22.8. The monoisotopic (exact) mass is 300 g/mol. The van der Waals surface area contributed by atoms with Crippen molar-refractivity contribution >= 4 is 18.0 Å². The molecule has 0 radical (unpaired) electrons. The lowest BCUT2D eigenvalue weighted by Gasteiger charge is -2.28. The van der Waals surface area contributed by atoms with Crippen LogP contribution in [0.1, 0.15) is 51.9 Å². The van der Waals surface area contributed by atoms with Crippen LogP contribution in [0.4, 0.5) is 4.79 Å². The van der Waals surface area contributed by atoms with E-state index in [1.807, 2.05) is 0 Å². The summed E-state index contributed by atoms with van der Waals surface area (Å²) < 4.78 is 0. The maximum Gasteiger partial charge on any atom is 0.326 e. The van der Waals surface area contributed by atoms with Gasteiger partial charge in [0, 0.05) is 12.5 Å². The van der Waals surface area contributed by atoms with E-state index in [9.17, 15) is 14.4 Å². The zero-order valence-electron chi connectivity index (χ0n) is 12.3. The lowest BCUT2D eigenvalue weighted by molar-refractivity contribution is -0.140. The molecule has 1 saturated carbocycles. The Balaban J connectivity index is 2.37. The molecule has 1 aliphatic carbocycles. The molecule has 120 valence electrons. The van der Waals surface area contributed by atoms with Gasteiger partial charge in [-0.2, -0.15) is 0 Å². The van der Waals surface area contributed by atoms with Gasteiger partial charge in [0.1, 0.15) is 6.04 Å². The number of carboxylic acids is 2. The van der Waals surface area contributed by atoms with Crippen LogP contribution in [0.2, 0.25) is 0 Å². The zero-order valence-corrected chi connectivity index (χ0v) is 12.3. The van der Waals surface area contributed by atoms with Crippen LogP contribution in [0, 0.1) is 5.92 Å². The number of carboxylic acid groups (broad SMARTS) is 2. The first-order valence-corrected chi connectivity index (χ1v) is 7.40. The second kappa shape index (κ2) is 8.49. The summed E-state index contributed by atoms with van der Waals surface area (Å²) >= 11 is 0. The van der Waals surface area contributed by atoms with Crippen LogP contribution in [0.5, 0.6) is 0 Å². The number of amides is 2. The highest BCUT2D eigenvalue weighted by molar-refractivity contribution is 5.82. The second-order valence-electron chi connectivity index (χ2n) is 5.76. The van der Waals surface area contributed by atoms with Crippen molar-refractivity contribution in [2.75, 3.05) is 0 Å². The highest BCUT2D eigenvalue weighted by Crippen LogP contribution is 2.23. The van der Waals surface area contributed by atoms with Gasteiger partial charge in [0.2, 0.25) is 0 Å². The lowest BCUT2D eigenvalue weighted by Crippen LogP contribution is -2.49. The summed E-state index contributed by atoms with van der Waals surface area (Å²) in [5.41, 5.74) is 0. The van der Waals surface area contributed by atoms with E-state index in [1.165, 1.54) is 0 Å². The number of carbonyl (C=O) groups is 3. The molecule has 0 aromatic heterocycles. The fourth-order valence-electron chi connectivity index (χ4n) is 2.67. The average molecular weight is 300 g/mol. The number of carbonyl (C=O) groups excluding carboxylic acids is 1. The van der Waals surface area contributed by atoms with Gasteiger partial charge in [-0.3, -0.25) is 4.79 Å². The quantitative estimate of drug-likeness (QED) is 0.569. The minimum Gasteiger partial charge on any atom is -0.481 e. The van der Waals surface area contributed by atoms with E-state index in [2.05, 4.69) is 17.6 Å². The van der Waals surface area contributed by atoms with E-state index in [0.29, 0.717) is 5.92 Å². The number of rotatable bonds is 7. The van der Waals surface area contributed by atoms with Crippen molar-refractivity contribution in [1.29, 1.82) is 0 Å². The Bertz CT molecular complexity index is 386. The minimum atomic E-state index is -1.15. The van der Waals surface area contributed by atoms with Gasteiger partial charge in [-0.25, -0.2) is 9.59 Å². The molecule has 4 N–H and O–H groups in total. The summed E-state index contributed by atoms with van der Waals surface area (Å²) in [6, 6.07) is -1.45. The molecule has 0 spiro atoms. The summed E-state index contributed by atoms with van der Waals surface area (Å²) in [6.45, 7) is 2.14. The number of hydrogen-bond donors (Lipinski definition) is 4. The Morgan fingerprint density at radius 3 is 2.52 bits per heavy atom. The van der Waals surface area contributed by atoms with E-state index in [-0.39, 0.29) is 25.3 Å². The molecule has 1 rings (SSSR count). The first-order chi connectivity index (χ1) is 9.88. The van der Waals surface area contributed by atoms with Crippen molar-refractivity contribution in [3.05, 3.63) is 0 Å². The van der Waals surface area contributed by atoms with Gasteiger partial charge in [-0.05, 0) is 31.6 Å². The lowest BCUT2D eigenvalue weighted by atomic mass is 9.87. The number of aliphatic carboxylic acids is 2. The Morgan fingerprint density at radius 2 is 1.95 bits per heavy atom. The molecule has 3 atom stereocenters. The van der Waals surface area contributed by atoms with Crippen LogP contribution in [-0.2, 0) is 9.59 Å². The van der Waals surface area contributed by atoms with Crippen molar-refractivity contribution in [2.45, 2.75) is 64.0 Å². The molecule has 21 heavy (non-hydrogen) atoms. The van der Waals surface area contributed by atoms with Crippen molar-refractivity contribution < 1.29 is 24.6 Å². The Labute approximate surface area is 124 Å². The molecule has 2 unspecified atom stereocenters. The normalized spacial score (nSPS) is 23.1.